The zero-order chi connectivity index (χ0) is 10.6. The fourth-order valence-electron chi connectivity index (χ4n) is 0.857. The van der Waals surface area contributed by atoms with Crippen LogP contribution >= 0.6 is 11.8 Å². The number of aliphatic hydroxyl groups excluding tert-OH is 2. The van der Waals surface area contributed by atoms with Gasteiger partial charge in [0.05, 0.1) is 17.6 Å². The summed E-state index contributed by atoms with van der Waals surface area (Å²) in [5, 5.41) is 36.1. The fraction of sp³-hybridized carbons (Fsp3) is 0.333. The molecule has 0 saturated heterocycles. The van der Waals surface area contributed by atoms with Gasteiger partial charge in [-0.3, -0.25) is 0 Å². The topological polar surface area (TPSA) is 80.9 Å². The lowest BCUT2D eigenvalue weighted by molar-refractivity contribution is 0.113. The molecular formula is C9H12O4S. The maximum atomic E-state index is 9.34. The molecule has 1 aromatic carbocycles. The third-order valence-corrected chi connectivity index (χ3v) is 2.77. The van der Waals surface area contributed by atoms with Gasteiger partial charge in [-0.05, 0) is 18.2 Å². The van der Waals surface area contributed by atoms with Gasteiger partial charge in [0.1, 0.15) is 11.5 Å². The van der Waals surface area contributed by atoms with Gasteiger partial charge in [0, 0.05) is 5.75 Å². The Kier molecular flexibility index (Phi) is 4.06. The van der Waals surface area contributed by atoms with E-state index in [1.165, 1.54) is 30.0 Å². The van der Waals surface area contributed by atoms with E-state index in [4.69, 9.17) is 15.3 Å². The van der Waals surface area contributed by atoms with Crippen molar-refractivity contribution in [3.63, 3.8) is 0 Å². The van der Waals surface area contributed by atoms with Crippen LogP contribution in [0.4, 0.5) is 0 Å². The molecule has 14 heavy (non-hydrogen) atoms. The van der Waals surface area contributed by atoms with Crippen LogP contribution in [0.2, 0.25) is 0 Å². The Labute approximate surface area is 85.8 Å². The van der Waals surface area contributed by atoms with Gasteiger partial charge in [-0.15, -0.1) is 11.8 Å². The average Bonchev–Trinajstić information content (AvgIpc) is 2.19. The number of benzene rings is 1. The third kappa shape index (κ3) is 3.10. The molecule has 0 bridgehead atoms. The summed E-state index contributed by atoms with van der Waals surface area (Å²) in [5.74, 6) is 0.384. The Morgan fingerprint density at radius 2 is 2.00 bits per heavy atom. The summed E-state index contributed by atoms with van der Waals surface area (Å²) in [5.41, 5.74) is 0. The molecule has 5 heteroatoms. The minimum atomic E-state index is -0.818. The number of aromatic hydroxyl groups is 2. The van der Waals surface area contributed by atoms with E-state index >= 15 is 0 Å². The summed E-state index contributed by atoms with van der Waals surface area (Å²) in [6.45, 7) is -0.313. The standard InChI is InChI=1S/C9H12O4S/c10-4-7(12)5-14-9-3-6(11)1-2-8(9)13/h1-3,7,10-13H,4-5H2. The summed E-state index contributed by atoms with van der Waals surface area (Å²) >= 11 is 1.17. The number of hydrogen-bond acceptors (Lipinski definition) is 5. The summed E-state index contributed by atoms with van der Waals surface area (Å²) in [6, 6.07) is 4.16. The van der Waals surface area contributed by atoms with Gasteiger partial charge in [0.15, 0.2) is 0 Å². The van der Waals surface area contributed by atoms with Gasteiger partial charge < -0.3 is 20.4 Å². The van der Waals surface area contributed by atoms with Crippen molar-refractivity contribution in [3.8, 4) is 11.5 Å². The Morgan fingerprint density at radius 3 is 2.64 bits per heavy atom. The predicted molar refractivity (Wildman–Crippen MR) is 53.6 cm³/mol. The Balaban J connectivity index is 2.62. The second kappa shape index (κ2) is 5.09. The van der Waals surface area contributed by atoms with E-state index in [0.717, 1.165) is 0 Å². The number of phenols is 2. The molecule has 0 amide bonds. The fourth-order valence-corrected chi connectivity index (χ4v) is 1.75. The smallest absolute Gasteiger partial charge is 0.129 e. The average molecular weight is 216 g/mol. The van der Waals surface area contributed by atoms with Gasteiger partial charge in [0.2, 0.25) is 0 Å². The van der Waals surface area contributed by atoms with Gasteiger partial charge in [-0.1, -0.05) is 0 Å². The van der Waals surface area contributed by atoms with Gasteiger partial charge in [-0.25, -0.2) is 0 Å². The zero-order valence-corrected chi connectivity index (χ0v) is 8.24. The molecule has 0 aliphatic heterocycles. The lowest BCUT2D eigenvalue weighted by Crippen LogP contribution is -2.14. The molecular weight excluding hydrogens is 204 g/mol. The normalized spacial score (nSPS) is 12.7. The van der Waals surface area contributed by atoms with E-state index in [1.54, 1.807) is 0 Å². The van der Waals surface area contributed by atoms with E-state index in [9.17, 15) is 5.11 Å². The molecule has 0 spiro atoms. The highest BCUT2D eigenvalue weighted by Gasteiger charge is 2.07. The highest BCUT2D eigenvalue weighted by Crippen LogP contribution is 2.31. The molecule has 4 nitrogen and oxygen atoms in total. The van der Waals surface area contributed by atoms with Crippen LogP contribution in [-0.2, 0) is 0 Å². The number of aliphatic hydroxyl groups is 2. The van der Waals surface area contributed by atoms with E-state index < -0.39 is 6.10 Å². The van der Waals surface area contributed by atoms with Crippen LogP contribution in [0, 0.1) is 0 Å². The van der Waals surface area contributed by atoms with E-state index in [-0.39, 0.29) is 23.9 Å². The summed E-state index contributed by atoms with van der Waals surface area (Å²) in [7, 11) is 0. The summed E-state index contributed by atoms with van der Waals surface area (Å²) < 4.78 is 0. The Morgan fingerprint density at radius 1 is 1.29 bits per heavy atom. The van der Waals surface area contributed by atoms with Crippen molar-refractivity contribution in [1.29, 1.82) is 0 Å². The predicted octanol–water partition coefficient (Wildman–Crippen LogP) is 0.543. The third-order valence-electron chi connectivity index (χ3n) is 1.59. The SMILES string of the molecule is OCC(O)CSc1cc(O)ccc1O. The van der Waals surface area contributed by atoms with Crippen LogP contribution in [0.5, 0.6) is 11.5 Å². The molecule has 1 unspecified atom stereocenters. The number of phenolic OH excluding ortho intramolecular Hbond substituents is 2. The van der Waals surface area contributed by atoms with Crippen molar-refractivity contribution in [2.45, 2.75) is 11.0 Å². The molecule has 1 rings (SSSR count). The Bertz CT molecular complexity index is 303. The van der Waals surface area contributed by atoms with Crippen molar-refractivity contribution >= 4 is 11.8 Å². The highest BCUT2D eigenvalue weighted by atomic mass is 32.2. The van der Waals surface area contributed by atoms with Gasteiger partial charge in [-0.2, -0.15) is 0 Å². The van der Waals surface area contributed by atoms with Crippen LogP contribution in [0.25, 0.3) is 0 Å². The number of hydrogen-bond donors (Lipinski definition) is 4. The first-order valence-electron chi connectivity index (χ1n) is 4.07. The van der Waals surface area contributed by atoms with E-state index in [1.807, 2.05) is 0 Å². The monoisotopic (exact) mass is 216 g/mol. The molecule has 0 aliphatic rings. The molecule has 0 aromatic heterocycles. The number of thioether (sulfide) groups is 1. The van der Waals surface area contributed by atoms with Gasteiger partial charge >= 0.3 is 0 Å². The van der Waals surface area contributed by atoms with Crippen molar-refractivity contribution in [3.05, 3.63) is 18.2 Å². The molecule has 1 aromatic rings. The molecule has 0 fully saturated rings. The van der Waals surface area contributed by atoms with Crippen molar-refractivity contribution in [2.75, 3.05) is 12.4 Å². The summed E-state index contributed by atoms with van der Waals surface area (Å²) in [6.07, 6.45) is -0.818. The quantitative estimate of drug-likeness (QED) is 0.436. The zero-order valence-electron chi connectivity index (χ0n) is 7.42. The molecule has 0 radical (unpaired) electrons. The molecule has 4 N–H and O–H groups in total. The van der Waals surface area contributed by atoms with Crippen molar-refractivity contribution in [1.82, 2.24) is 0 Å². The Hall–Kier alpha value is -0.910. The summed E-state index contributed by atoms with van der Waals surface area (Å²) in [4.78, 5) is 0.484. The molecule has 0 saturated carbocycles. The first kappa shape index (κ1) is 11.2. The van der Waals surface area contributed by atoms with Crippen molar-refractivity contribution < 1.29 is 20.4 Å². The minimum Gasteiger partial charge on any atom is -0.508 e. The highest BCUT2D eigenvalue weighted by molar-refractivity contribution is 7.99. The largest absolute Gasteiger partial charge is 0.508 e. The second-order valence-corrected chi connectivity index (χ2v) is 3.86. The first-order chi connectivity index (χ1) is 6.63. The minimum absolute atomic E-state index is 0.0536. The van der Waals surface area contributed by atoms with Crippen LogP contribution in [-0.4, -0.2) is 38.9 Å². The van der Waals surface area contributed by atoms with Crippen LogP contribution in [0.1, 0.15) is 0 Å². The van der Waals surface area contributed by atoms with E-state index in [2.05, 4.69) is 0 Å². The maximum Gasteiger partial charge on any atom is 0.129 e. The molecule has 1 atom stereocenters. The van der Waals surface area contributed by atoms with Crippen LogP contribution in [0.15, 0.2) is 23.1 Å². The second-order valence-electron chi connectivity index (χ2n) is 2.80. The first-order valence-corrected chi connectivity index (χ1v) is 5.05. The van der Waals surface area contributed by atoms with Gasteiger partial charge in [0.25, 0.3) is 0 Å². The van der Waals surface area contributed by atoms with Crippen LogP contribution in [0.3, 0.4) is 0 Å². The van der Waals surface area contributed by atoms with E-state index in [0.29, 0.717) is 4.90 Å². The molecule has 0 heterocycles. The molecule has 78 valence electrons. The molecule has 0 aliphatic carbocycles. The van der Waals surface area contributed by atoms with Crippen LogP contribution < -0.4 is 0 Å². The lowest BCUT2D eigenvalue weighted by Gasteiger charge is -2.07. The lowest BCUT2D eigenvalue weighted by atomic mass is 10.3. The van der Waals surface area contributed by atoms with Crippen molar-refractivity contribution in [2.24, 2.45) is 0 Å². The maximum absolute atomic E-state index is 9.34. The number of rotatable bonds is 4.